The summed E-state index contributed by atoms with van der Waals surface area (Å²) in [5, 5.41) is 5.64. The molecule has 1 fully saturated rings. The van der Waals surface area contributed by atoms with Crippen LogP contribution in [-0.2, 0) is 4.79 Å². The Labute approximate surface area is 174 Å². The van der Waals surface area contributed by atoms with Gasteiger partial charge in [0.2, 0.25) is 0 Å². The van der Waals surface area contributed by atoms with Gasteiger partial charge in [-0.25, -0.2) is 8.78 Å². The highest BCUT2D eigenvalue weighted by atomic mass is 19.1. The average molecular weight is 407 g/mol. The number of carbonyl (C=O) groups excluding carboxylic acids is 1. The molecular formula is C24H23F2N3O. The molecule has 0 bridgehead atoms. The molecule has 2 aliphatic heterocycles. The number of benzene rings is 2. The van der Waals surface area contributed by atoms with Crippen molar-refractivity contribution < 1.29 is 13.6 Å². The number of fused-ring (bicyclic) bond motifs is 2. The Morgan fingerprint density at radius 1 is 1.13 bits per heavy atom. The second kappa shape index (κ2) is 7.59. The van der Waals surface area contributed by atoms with Gasteiger partial charge in [-0.3, -0.25) is 4.79 Å². The molecule has 154 valence electrons. The summed E-state index contributed by atoms with van der Waals surface area (Å²) in [4.78, 5) is 14.3. The SMILES string of the molecule is O=C1Nc2cc(F)ccc2C1=CNc1ccc(N2CCC3CCCC=C3C2)c(F)c1. The smallest absolute Gasteiger partial charge is 0.257 e. The highest BCUT2D eigenvalue weighted by molar-refractivity contribution is 6.31. The molecule has 3 aliphatic rings. The summed E-state index contributed by atoms with van der Waals surface area (Å²) in [6, 6.07) is 9.21. The molecule has 2 aromatic rings. The summed E-state index contributed by atoms with van der Waals surface area (Å²) < 4.78 is 28.2. The lowest BCUT2D eigenvalue weighted by Gasteiger charge is -2.37. The number of amides is 1. The predicted molar refractivity (Wildman–Crippen MR) is 115 cm³/mol. The van der Waals surface area contributed by atoms with E-state index in [4.69, 9.17) is 0 Å². The molecule has 1 atom stereocenters. The van der Waals surface area contributed by atoms with E-state index < -0.39 is 5.82 Å². The van der Waals surface area contributed by atoms with Crippen molar-refractivity contribution in [3.63, 3.8) is 0 Å². The van der Waals surface area contributed by atoms with Crippen LogP contribution in [0, 0.1) is 17.6 Å². The average Bonchev–Trinajstić information content (AvgIpc) is 3.06. The summed E-state index contributed by atoms with van der Waals surface area (Å²) in [5.41, 5.74) is 4.06. The summed E-state index contributed by atoms with van der Waals surface area (Å²) in [7, 11) is 0. The van der Waals surface area contributed by atoms with E-state index in [-0.39, 0.29) is 11.7 Å². The summed E-state index contributed by atoms with van der Waals surface area (Å²) in [6.07, 6.45) is 8.58. The van der Waals surface area contributed by atoms with Gasteiger partial charge in [-0.15, -0.1) is 0 Å². The molecule has 30 heavy (non-hydrogen) atoms. The van der Waals surface area contributed by atoms with Crippen LogP contribution in [0.2, 0.25) is 0 Å². The Hall–Kier alpha value is -3.15. The molecule has 2 heterocycles. The van der Waals surface area contributed by atoms with E-state index in [9.17, 15) is 13.6 Å². The quantitative estimate of drug-likeness (QED) is 0.536. The van der Waals surface area contributed by atoms with Crippen LogP contribution in [0.5, 0.6) is 0 Å². The van der Waals surface area contributed by atoms with E-state index in [1.165, 1.54) is 42.8 Å². The Kier molecular flexibility index (Phi) is 4.77. The molecule has 5 rings (SSSR count). The zero-order chi connectivity index (χ0) is 20.7. The highest BCUT2D eigenvalue weighted by Crippen LogP contribution is 2.35. The standard InChI is InChI=1S/C24H23F2N3O/c25-17-5-7-19-20(24(30)28-22(19)11-17)13-27-18-6-8-23(21(26)12-18)29-10-9-15-3-1-2-4-16(15)14-29/h4-8,11-13,15,27H,1-3,9-10,14H2,(H,28,30). The van der Waals surface area contributed by atoms with Crippen molar-refractivity contribution in [2.75, 3.05) is 28.6 Å². The third-order valence-corrected chi connectivity index (χ3v) is 6.24. The fraction of sp³-hybridized carbons (Fsp3) is 0.292. The third kappa shape index (κ3) is 3.47. The van der Waals surface area contributed by atoms with Gasteiger partial charge in [0.15, 0.2) is 0 Å². The fourth-order valence-corrected chi connectivity index (χ4v) is 4.66. The molecule has 0 saturated carbocycles. The van der Waals surface area contributed by atoms with Crippen LogP contribution < -0.4 is 15.5 Å². The number of piperidine rings is 1. The van der Waals surface area contributed by atoms with Crippen LogP contribution in [0.25, 0.3) is 5.57 Å². The molecule has 0 spiro atoms. The Bertz CT molecular complexity index is 1080. The molecule has 0 radical (unpaired) electrons. The number of halogens is 2. The second-order valence-electron chi connectivity index (χ2n) is 8.13. The molecule has 4 nitrogen and oxygen atoms in total. The number of nitrogens with zero attached hydrogens (tertiary/aromatic N) is 1. The maximum absolute atomic E-state index is 14.9. The summed E-state index contributed by atoms with van der Waals surface area (Å²) in [5.74, 6) is -0.344. The highest BCUT2D eigenvalue weighted by Gasteiger charge is 2.27. The molecule has 1 saturated heterocycles. The van der Waals surface area contributed by atoms with Crippen LogP contribution in [0.3, 0.4) is 0 Å². The molecule has 1 unspecified atom stereocenters. The number of rotatable bonds is 3. The zero-order valence-electron chi connectivity index (χ0n) is 16.6. The van der Waals surface area contributed by atoms with Crippen molar-refractivity contribution in [2.24, 2.45) is 5.92 Å². The van der Waals surface area contributed by atoms with Gasteiger partial charge in [0.25, 0.3) is 5.91 Å². The van der Waals surface area contributed by atoms with Crippen LogP contribution >= 0.6 is 0 Å². The minimum atomic E-state index is -0.408. The van der Waals surface area contributed by atoms with E-state index in [2.05, 4.69) is 21.6 Å². The van der Waals surface area contributed by atoms with Crippen molar-refractivity contribution in [2.45, 2.75) is 25.7 Å². The maximum Gasteiger partial charge on any atom is 0.257 e. The lowest BCUT2D eigenvalue weighted by Crippen LogP contribution is -2.36. The molecular weight excluding hydrogens is 384 g/mol. The van der Waals surface area contributed by atoms with Crippen molar-refractivity contribution in [1.29, 1.82) is 0 Å². The van der Waals surface area contributed by atoms with Gasteiger partial charge in [0.05, 0.1) is 16.9 Å². The first-order valence-electron chi connectivity index (χ1n) is 10.4. The van der Waals surface area contributed by atoms with E-state index in [1.807, 2.05) is 6.07 Å². The zero-order valence-corrected chi connectivity index (χ0v) is 16.6. The monoisotopic (exact) mass is 407 g/mol. The number of hydrogen-bond acceptors (Lipinski definition) is 3. The van der Waals surface area contributed by atoms with Crippen molar-refractivity contribution in [3.8, 4) is 0 Å². The summed E-state index contributed by atoms with van der Waals surface area (Å²) in [6.45, 7) is 1.66. The largest absolute Gasteiger partial charge is 0.365 e. The Morgan fingerprint density at radius 2 is 2.03 bits per heavy atom. The van der Waals surface area contributed by atoms with E-state index in [1.54, 1.807) is 12.1 Å². The molecule has 2 N–H and O–H groups in total. The van der Waals surface area contributed by atoms with Crippen molar-refractivity contribution in [1.82, 2.24) is 0 Å². The molecule has 1 amide bonds. The van der Waals surface area contributed by atoms with Gasteiger partial charge in [-0.05, 0) is 68.0 Å². The van der Waals surface area contributed by atoms with Crippen LogP contribution in [-0.4, -0.2) is 19.0 Å². The number of nitrogens with one attached hydrogen (secondary N) is 2. The third-order valence-electron chi connectivity index (χ3n) is 6.24. The van der Waals surface area contributed by atoms with Gasteiger partial charge in [-0.1, -0.05) is 11.6 Å². The number of hydrogen-bond donors (Lipinski definition) is 2. The Balaban J connectivity index is 1.33. The molecule has 2 aromatic carbocycles. The van der Waals surface area contributed by atoms with Gasteiger partial charge in [-0.2, -0.15) is 0 Å². The number of allylic oxidation sites excluding steroid dienone is 1. The van der Waals surface area contributed by atoms with Gasteiger partial charge >= 0.3 is 0 Å². The van der Waals surface area contributed by atoms with Gasteiger partial charge < -0.3 is 15.5 Å². The minimum absolute atomic E-state index is 0.286. The van der Waals surface area contributed by atoms with Gasteiger partial charge in [0.1, 0.15) is 11.6 Å². The van der Waals surface area contributed by atoms with E-state index in [0.29, 0.717) is 34.1 Å². The first-order chi connectivity index (χ1) is 14.6. The first-order valence-corrected chi connectivity index (χ1v) is 10.4. The van der Waals surface area contributed by atoms with Crippen LogP contribution in [0.1, 0.15) is 31.2 Å². The molecule has 1 aliphatic carbocycles. The van der Waals surface area contributed by atoms with Crippen molar-refractivity contribution >= 4 is 28.5 Å². The molecule has 6 heteroatoms. The molecule has 0 aromatic heterocycles. The second-order valence-corrected chi connectivity index (χ2v) is 8.13. The van der Waals surface area contributed by atoms with Gasteiger partial charge in [0, 0.05) is 30.5 Å². The van der Waals surface area contributed by atoms with Crippen LogP contribution in [0.15, 0.2) is 54.2 Å². The predicted octanol–water partition coefficient (Wildman–Crippen LogP) is 5.31. The first kappa shape index (κ1) is 18.9. The van der Waals surface area contributed by atoms with Crippen molar-refractivity contribution in [3.05, 3.63) is 71.4 Å². The number of anilines is 3. The minimum Gasteiger partial charge on any atom is -0.365 e. The topological polar surface area (TPSA) is 44.4 Å². The maximum atomic E-state index is 14.9. The van der Waals surface area contributed by atoms with E-state index in [0.717, 1.165) is 25.9 Å². The lowest BCUT2D eigenvalue weighted by atomic mass is 9.82. The lowest BCUT2D eigenvalue weighted by molar-refractivity contribution is -0.110. The Morgan fingerprint density at radius 3 is 2.90 bits per heavy atom. The van der Waals surface area contributed by atoms with E-state index >= 15 is 0 Å². The normalized spacial score (nSPS) is 21.7. The van der Waals surface area contributed by atoms with Crippen LogP contribution in [0.4, 0.5) is 25.8 Å². The summed E-state index contributed by atoms with van der Waals surface area (Å²) >= 11 is 0. The fourth-order valence-electron chi connectivity index (χ4n) is 4.66. The number of carbonyl (C=O) groups is 1.